The Morgan fingerprint density at radius 3 is 2.53 bits per heavy atom. The van der Waals surface area contributed by atoms with Gasteiger partial charge in [-0.2, -0.15) is 0 Å². The average molecular weight is 271 g/mol. The smallest absolute Gasteiger partial charge is 0.261 e. The van der Waals surface area contributed by atoms with Crippen LogP contribution in [0.15, 0.2) is 18.2 Å². The minimum Gasteiger partial charge on any atom is -0.374 e. The first-order valence-electron chi connectivity index (χ1n) is 6.71. The molecule has 0 fully saturated rings. The molecule has 0 radical (unpaired) electrons. The first kappa shape index (κ1) is 16.1. The average Bonchev–Trinajstić information content (AvgIpc) is 2.34. The molecule has 0 saturated carbocycles. The van der Waals surface area contributed by atoms with Crippen molar-refractivity contribution in [1.82, 2.24) is 5.32 Å². The second kappa shape index (κ2) is 8.23. The molecular formula is C15H23F2NO. The van der Waals surface area contributed by atoms with Gasteiger partial charge < -0.3 is 10.1 Å². The molecule has 0 aromatic heterocycles. The van der Waals surface area contributed by atoms with Gasteiger partial charge in [0.25, 0.3) is 6.43 Å². The fraction of sp³-hybridized carbons (Fsp3) is 0.600. The Kier molecular flexibility index (Phi) is 6.95. The summed E-state index contributed by atoms with van der Waals surface area (Å²) in [6, 6.07) is 6.15. The van der Waals surface area contributed by atoms with Gasteiger partial charge in [-0.1, -0.05) is 30.7 Å². The van der Waals surface area contributed by atoms with Gasteiger partial charge in [0.1, 0.15) is 6.61 Å². The number of aryl methyl sites for hydroxylation is 2. The summed E-state index contributed by atoms with van der Waals surface area (Å²) >= 11 is 0. The van der Waals surface area contributed by atoms with Crippen LogP contribution in [-0.2, 0) is 4.74 Å². The Labute approximate surface area is 114 Å². The molecule has 0 heterocycles. The van der Waals surface area contributed by atoms with Crippen molar-refractivity contribution in [2.75, 3.05) is 19.8 Å². The molecule has 0 aliphatic rings. The number of halogens is 2. The monoisotopic (exact) mass is 271 g/mol. The molecule has 1 rings (SSSR count). The third kappa shape index (κ3) is 5.66. The van der Waals surface area contributed by atoms with Crippen LogP contribution in [0.4, 0.5) is 8.78 Å². The van der Waals surface area contributed by atoms with E-state index < -0.39 is 13.0 Å². The molecular weight excluding hydrogens is 248 g/mol. The molecule has 0 amide bonds. The second-order valence-electron chi connectivity index (χ2n) is 4.80. The van der Waals surface area contributed by atoms with Crippen LogP contribution in [0.5, 0.6) is 0 Å². The fourth-order valence-electron chi connectivity index (χ4n) is 2.07. The molecule has 2 nitrogen and oxygen atoms in total. The van der Waals surface area contributed by atoms with E-state index in [0.29, 0.717) is 0 Å². The largest absolute Gasteiger partial charge is 0.374 e. The quantitative estimate of drug-likeness (QED) is 0.779. The molecule has 1 aromatic carbocycles. The van der Waals surface area contributed by atoms with Crippen molar-refractivity contribution in [1.29, 1.82) is 0 Å². The lowest BCUT2D eigenvalue weighted by molar-refractivity contribution is 0.00916. The van der Waals surface area contributed by atoms with Crippen molar-refractivity contribution in [2.24, 2.45) is 0 Å². The molecule has 1 N–H and O–H groups in total. The maximum atomic E-state index is 12.1. The third-order valence-electron chi connectivity index (χ3n) is 2.97. The standard InChI is InChI=1S/C15H23F2NO/c1-4-7-18-14(9-19-10-15(16)17)13-6-5-11(2)8-12(13)3/h5-6,8,14-15,18H,4,7,9-10H2,1-3H3. The molecule has 1 unspecified atom stereocenters. The van der Waals surface area contributed by atoms with Crippen molar-refractivity contribution in [2.45, 2.75) is 39.7 Å². The zero-order chi connectivity index (χ0) is 14.3. The van der Waals surface area contributed by atoms with Gasteiger partial charge in [0.05, 0.1) is 12.6 Å². The number of alkyl halides is 2. The van der Waals surface area contributed by atoms with Gasteiger partial charge in [-0.15, -0.1) is 0 Å². The van der Waals surface area contributed by atoms with E-state index in [1.165, 1.54) is 5.56 Å². The number of hydrogen-bond acceptors (Lipinski definition) is 2. The molecule has 1 aromatic rings. The normalized spacial score (nSPS) is 12.9. The van der Waals surface area contributed by atoms with Crippen molar-refractivity contribution in [3.8, 4) is 0 Å². The minimum atomic E-state index is -2.41. The van der Waals surface area contributed by atoms with Crippen LogP contribution in [0.1, 0.15) is 36.1 Å². The van der Waals surface area contributed by atoms with Crippen LogP contribution in [0.25, 0.3) is 0 Å². The Morgan fingerprint density at radius 1 is 1.21 bits per heavy atom. The lowest BCUT2D eigenvalue weighted by Crippen LogP contribution is -2.27. The summed E-state index contributed by atoms with van der Waals surface area (Å²) in [5, 5.41) is 3.35. The minimum absolute atomic E-state index is 0.0284. The summed E-state index contributed by atoms with van der Waals surface area (Å²) in [5.41, 5.74) is 3.48. The van der Waals surface area contributed by atoms with E-state index in [1.54, 1.807) is 0 Å². The summed E-state index contributed by atoms with van der Waals surface area (Å²) in [7, 11) is 0. The van der Waals surface area contributed by atoms with Crippen LogP contribution < -0.4 is 5.32 Å². The second-order valence-corrected chi connectivity index (χ2v) is 4.80. The summed E-state index contributed by atoms with van der Waals surface area (Å²) in [5.74, 6) is 0. The number of ether oxygens (including phenoxy) is 1. The van der Waals surface area contributed by atoms with Crippen molar-refractivity contribution in [3.63, 3.8) is 0 Å². The van der Waals surface area contributed by atoms with Gasteiger partial charge in [0.15, 0.2) is 0 Å². The maximum Gasteiger partial charge on any atom is 0.261 e. The zero-order valence-corrected chi connectivity index (χ0v) is 11.9. The lowest BCUT2D eigenvalue weighted by Gasteiger charge is -2.21. The number of hydrogen-bond donors (Lipinski definition) is 1. The molecule has 19 heavy (non-hydrogen) atoms. The van der Waals surface area contributed by atoms with Crippen molar-refractivity contribution < 1.29 is 13.5 Å². The van der Waals surface area contributed by atoms with Crippen LogP contribution >= 0.6 is 0 Å². The third-order valence-corrected chi connectivity index (χ3v) is 2.97. The molecule has 0 aliphatic carbocycles. The fourth-order valence-corrected chi connectivity index (χ4v) is 2.07. The number of benzene rings is 1. The highest BCUT2D eigenvalue weighted by Crippen LogP contribution is 2.19. The van der Waals surface area contributed by atoms with Gasteiger partial charge in [-0.25, -0.2) is 8.78 Å². The molecule has 0 bridgehead atoms. The molecule has 0 aliphatic heterocycles. The zero-order valence-electron chi connectivity index (χ0n) is 11.9. The van der Waals surface area contributed by atoms with Crippen LogP contribution in [-0.4, -0.2) is 26.2 Å². The summed E-state index contributed by atoms with van der Waals surface area (Å²) in [6.45, 7) is 6.76. The number of nitrogens with one attached hydrogen (secondary N) is 1. The lowest BCUT2D eigenvalue weighted by atomic mass is 9.99. The van der Waals surface area contributed by atoms with E-state index in [-0.39, 0.29) is 12.6 Å². The Bertz CT molecular complexity index is 382. The van der Waals surface area contributed by atoms with Gasteiger partial charge in [-0.3, -0.25) is 0 Å². The van der Waals surface area contributed by atoms with Gasteiger partial charge in [-0.05, 0) is 37.9 Å². The van der Waals surface area contributed by atoms with Crippen molar-refractivity contribution in [3.05, 3.63) is 34.9 Å². The van der Waals surface area contributed by atoms with Gasteiger partial charge in [0, 0.05) is 0 Å². The summed E-state index contributed by atoms with van der Waals surface area (Å²) in [6.07, 6.45) is -1.41. The van der Waals surface area contributed by atoms with Gasteiger partial charge in [0.2, 0.25) is 0 Å². The molecule has 108 valence electrons. The first-order chi connectivity index (χ1) is 9.04. The highest BCUT2D eigenvalue weighted by molar-refractivity contribution is 5.32. The SMILES string of the molecule is CCCNC(COCC(F)F)c1ccc(C)cc1C. The first-order valence-corrected chi connectivity index (χ1v) is 6.71. The van der Waals surface area contributed by atoms with E-state index in [4.69, 9.17) is 4.74 Å². The topological polar surface area (TPSA) is 21.3 Å². The van der Waals surface area contributed by atoms with Crippen molar-refractivity contribution >= 4 is 0 Å². The van der Waals surface area contributed by atoms with E-state index in [2.05, 4.69) is 18.3 Å². The van der Waals surface area contributed by atoms with E-state index in [9.17, 15) is 8.78 Å². The number of rotatable bonds is 8. The Hall–Kier alpha value is -1.00. The van der Waals surface area contributed by atoms with E-state index in [1.807, 2.05) is 26.0 Å². The van der Waals surface area contributed by atoms with Gasteiger partial charge >= 0.3 is 0 Å². The summed E-state index contributed by atoms with van der Waals surface area (Å²) in [4.78, 5) is 0. The van der Waals surface area contributed by atoms with E-state index in [0.717, 1.165) is 24.1 Å². The highest BCUT2D eigenvalue weighted by Gasteiger charge is 2.14. The van der Waals surface area contributed by atoms with Crippen LogP contribution in [0, 0.1) is 13.8 Å². The van der Waals surface area contributed by atoms with E-state index >= 15 is 0 Å². The van der Waals surface area contributed by atoms with Crippen LogP contribution in [0.3, 0.4) is 0 Å². The predicted octanol–water partition coefficient (Wildman–Crippen LogP) is 3.63. The van der Waals surface area contributed by atoms with Crippen LogP contribution in [0.2, 0.25) is 0 Å². The summed E-state index contributed by atoms with van der Waals surface area (Å²) < 4.78 is 29.3. The molecule has 0 saturated heterocycles. The highest BCUT2D eigenvalue weighted by atomic mass is 19.3. The molecule has 0 spiro atoms. The Morgan fingerprint density at radius 2 is 1.95 bits per heavy atom. The maximum absolute atomic E-state index is 12.1. The Balaban J connectivity index is 2.71. The predicted molar refractivity (Wildman–Crippen MR) is 73.8 cm³/mol. The molecule has 1 atom stereocenters. The molecule has 4 heteroatoms.